The number of nitrogens with one attached hydrogen (secondary N) is 2. The lowest BCUT2D eigenvalue weighted by Gasteiger charge is -2.22. The fourth-order valence-electron chi connectivity index (χ4n) is 3.09. The van der Waals surface area contributed by atoms with Crippen LogP contribution in [0, 0.1) is 11.6 Å². The van der Waals surface area contributed by atoms with Gasteiger partial charge < -0.3 is 5.32 Å². The van der Waals surface area contributed by atoms with Gasteiger partial charge in [-0.25, -0.2) is 21.9 Å². The highest BCUT2D eigenvalue weighted by molar-refractivity contribution is 7.89. The van der Waals surface area contributed by atoms with Gasteiger partial charge >= 0.3 is 0 Å². The molecule has 2 aromatic carbocycles. The zero-order chi connectivity index (χ0) is 19.4. The van der Waals surface area contributed by atoms with Crippen molar-refractivity contribution in [2.45, 2.75) is 43.0 Å². The van der Waals surface area contributed by atoms with Crippen molar-refractivity contribution in [3.8, 4) is 0 Å². The number of rotatable bonds is 5. The SMILES string of the molecule is O=C(Nc1ccc(F)c(F)c1)c1cccc(S(=O)(=O)NC2CCCCC2)c1. The number of carbonyl (C=O) groups is 1. The summed E-state index contributed by atoms with van der Waals surface area (Å²) in [5.41, 5.74) is 0.179. The van der Waals surface area contributed by atoms with Gasteiger partial charge in [-0.2, -0.15) is 0 Å². The molecule has 0 spiro atoms. The highest BCUT2D eigenvalue weighted by Crippen LogP contribution is 2.21. The molecule has 2 aromatic rings. The summed E-state index contributed by atoms with van der Waals surface area (Å²) in [6.45, 7) is 0. The molecular formula is C19H20F2N2O3S. The van der Waals surface area contributed by atoms with Gasteiger partial charge in [-0.1, -0.05) is 25.3 Å². The van der Waals surface area contributed by atoms with Crippen molar-refractivity contribution in [2.24, 2.45) is 0 Å². The van der Waals surface area contributed by atoms with Crippen LogP contribution in [-0.4, -0.2) is 20.4 Å². The third-order valence-corrected chi connectivity index (χ3v) is 6.03. The Morgan fingerprint density at radius 1 is 0.963 bits per heavy atom. The fourth-order valence-corrected chi connectivity index (χ4v) is 4.44. The van der Waals surface area contributed by atoms with E-state index in [1.54, 1.807) is 0 Å². The van der Waals surface area contributed by atoms with Crippen molar-refractivity contribution in [1.29, 1.82) is 0 Å². The van der Waals surface area contributed by atoms with Gasteiger partial charge in [0.2, 0.25) is 10.0 Å². The summed E-state index contributed by atoms with van der Waals surface area (Å²) < 4.78 is 54.1. The third kappa shape index (κ3) is 4.90. The lowest BCUT2D eigenvalue weighted by Crippen LogP contribution is -2.36. The van der Waals surface area contributed by atoms with Gasteiger partial charge in [0, 0.05) is 23.4 Å². The van der Waals surface area contributed by atoms with Crippen molar-refractivity contribution in [3.63, 3.8) is 0 Å². The van der Waals surface area contributed by atoms with Gasteiger partial charge in [-0.3, -0.25) is 4.79 Å². The van der Waals surface area contributed by atoms with Gasteiger partial charge in [0.25, 0.3) is 5.91 Å². The first-order valence-corrected chi connectivity index (χ1v) is 10.2. The van der Waals surface area contributed by atoms with E-state index >= 15 is 0 Å². The van der Waals surface area contributed by atoms with Crippen LogP contribution >= 0.6 is 0 Å². The molecule has 144 valence electrons. The first-order valence-electron chi connectivity index (χ1n) is 8.74. The zero-order valence-electron chi connectivity index (χ0n) is 14.5. The van der Waals surface area contributed by atoms with Gasteiger partial charge in [-0.15, -0.1) is 0 Å². The van der Waals surface area contributed by atoms with Crippen LogP contribution in [0.3, 0.4) is 0 Å². The summed E-state index contributed by atoms with van der Waals surface area (Å²) in [5.74, 6) is -2.72. The molecule has 1 saturated carbocycles. The topological polar surface area (TPSA) is 75.3 Å². The zero-order valence-corrected chi connectivity index (χ0v) is 15.4. The van der Waals surface area contributed by atoms with Crippen molar-refractivity contribution >= 4 is 21.6 Å². The van der Waals surface area contributed by atoms with Crippen molar-refractivity contribution < 1.29 is 22.0 Å². The highest BCUT2D eigenvalue weighted by Gasteiger charge is 2.22. The Bertz CT molecular complexity index is 942. The summed E-state index contributed by atoms with van der Waals surface area (Å²) >= 11 is 0. The van der Waals surface area contributed by atoms with Crippen molar-refractivity contribution in [2.75, 3.05) is 5.32 Å². The highest BCUT2D eigenvalue weighted by atomic mass is 32.2. The van der Waals surface area contributed by atoms with Gasteiger partial charge in [0.05, 0.1) is 4.90 Å². The first-order chi connectivity index (χ1) is 12.8. The Balaban J connectivity index is 1.75. The van der Waals surface area contributed by atoms with Crippen LogP contribution in [0.4, 0.5) is 14.5 Å². The average molecular weight is 394 g/mol. The molecule has 2 N–H and O–H groups in total. The molecule has 1 aliphatic rings. The molecule has 1 amide bonds. The Labute approximate surface area is 156 Å². The summed E-state index contributed by atoms with van der Waals surface area (Å²) in [6, 6.07) is 8.49. The normalized spacial score (nSPS) is 15.5. The van der Waals surface area contributed by atoms with Gasteiger partial charge in [0.1, 0.15) is 0 Å². The van der Waals surface area contributed by atoms with Crippen molar-refractivity contribution in [1.82, 2.24) is 4.72 Å². The summed E-state index contributed by atoms with van der Waals surface area (Å²) in [4.78, 5) is 12.3. The van der Waals surface area contributed by atoms with Crippen LogP contribution < -0.4 is 10.0 Å². The molecule has 0 aromatic heterocycles. The number of hydrogen-bond acceptors (Lipinski definition) is 3. The maximum atomic E-state index is 13.3. The lowest BCUT2D eigenvalue weighted by molar-refractivity contribution is 0.102. The summed E-state index contributed by atoms with van der Waals surface area (Å²) in [7, 11) is -3.74. The number of hydrogen-bond donors (Lipinski definition) is 2. The second-order valence-corrected chi connectivity index (χ2v) is 8.28. The molecular weight excluding hydrogens is 374 g/mol. The molecule has 3 rings (SSSR count). The quantitative estimate of drug-likeness (QED) is 0.809. The predicted octanol–water partition coefficient (Wildman–Crippen LogP) is 3.83. The second-order valence-electron chi connectivity index (χ2n) is 6.57. The molecule has 8 heteroatoms. The maximum absolute atomic E-state index is 13.3. The lowest BCUT2D eigenvalue weighted by atomic mass is 9.96. The van der Waals surface area contributed by atoms with E-state index in [0.717, 1.165) is 44.2 Å². The van der Waals surface area contributed by atoms with Crippen LogP contribution in [-0.2, 0) is 10.0 Å². The van der Waals surface area contributed by atoms with E-state index in [1.165, 1.54) is 30.3 Å². The fraction of sp³-hybridized carbons (Fsp3) is 0.316. The number of anilines is 1. The van der Waals surface area contributed by atoms with Gasteiger partial charge in [0.15, 0.2) is 11.6 Å². The molecule has 1 aliphatic carbocycles. The van der Waals surface area contributed by atoms with Crippen LogP contribution in [0.25, 0.3) is 0 Å². The Hall–Kier alpha value is -2.32. The standard InChI is InChI=1S/C19H20F2N2O3S/c20-17-10-9-15(12-18(17)21)22-19(24)13-5-4-8-16(11-13)27(25,26)23-14-6-2-1-3-7-14/h4-5,8-12,14,23H,1-3,6-7H2,(H,22,24). The van der Waals surface area contributed by atoms with Crippen LogP contribution in [0.5, 0.6) is 0 Å². The molecule has 0 saturated heterocycles. The van der Waals surface area contributed by atoms with Gasteiger partial charge in [-0.05, 0) is 43.2 Å². The summed E-state index contributed by atoms with van der Waals surface area (Å²) in [6.07, 6.45) is 4.69. The third-order valence-electron chi connectivity index (χ3n) is 4.51. The van der Waals surface area contributed by atoms with E-state index in [0.29, 0.717) is 0 Å². The number of amides is 1. The monoisotopic (exact) mass is 394 g/mol. The van der Waals surface area contributed by atoms with Crippen LogP contribution in [0.15, 0.2) is 47.4 Å². The molecule has 5 nitrogen and oxygen atoms in total. The number of carbonyl (C=O) groups excluding carboxylic acids is 1. The van der Waals surface area contributed by atoms with E-state index in [9.17, 15) is 22.0 Å². The second kappa shape index (κ2) is 8.14. The van der Waals surface area contributed by atoms with Crippen molar-refractivity contribution in [3.05, 3.63) is 59.7 Å². The number of benzene rings is 2. The molecule has 1 fully saturated rings. The minimum atomic E-state index is -3.74. The Morgan fingerprint density at radius 2 is 1.70 bits per heavy atom. The Morgan fingerprint density at radius 3 is 2.41 bits per heavy atom. The predicted molar refractivity (Wildman–Crippen MR) is 97.9 cm³/mol. The van der Waals surface area contributed by atoms with E-state index in [4.69, 9.17) is 0 Å². The van der Waals surface area contributed by atoms with E-state index in [1.807, 2.05) is 0 Å². The summed E-state index contributed by atoms with van der Waals surface area (Å²) in [5, 5.41) is 2.43. The molecule has 0 radical (unpaired) electrons. The van der Waals surface area contributed by atoms with Crippen LogP contribution in [0.1, 0.15) is 42.5 Å². The molecule has 27 heavy (non-hydrogen) atoms. The smallest absolute Gasteiger partial charge is 0.255 e. The molecule has 0 bridgehead atoms. The average Bonchev–Trinajstić information content (AvgIpc) is 2.65. The Kier molecular flexibility index (Phi) is 5.86. The van der Waals surface area contributed by atoms with E-state index in [-0.39, 0.29) is 22.2 Å². The molecule has 0 unspecified atom stereocenters. The molecule has 0 aliphatic heterocycles. The first kappa shape index (κ1) is 19.4. The minimum Gasteiger partial charge on any atom is -0.322 e. The maximum Gasteiger partial charge on any atom is 0.255 e. The van der Waals surface area contributed by atoms with E-state index in [2.05, 4.69) is 10.0 Å². The number of sulfonamides is 1. The largest absolute Gasteiger partial charge is 0.322 e. The molecule has 0 atom stereocenters. The number of halogens is 2. The molecule has 0 heterocycles. The van der Waals surface area contributed by atoms with Crippen LogP contribution in [0.2, 0.25) is 0 Å². The minimum absolute atomic E-state index is 0.00832. The van der Waals surface area contributed by atoms with E-state index < -0.39 is 27.6 Å².